The van der Waals surface area contributed by atoms with Crippen LogP contribution in [0.1, 0.15) is 0 Å². The van der Waals surface area contributed by atoms with Gasteiger partial charge < -0.3 is 4.42 Å². The van der Waals surface area contributed by atoms with E-state index in [2.05, 4.69) is 0 Å². The first-order valence-corrected chi connectivity index (χ1v) is 7.78. The first-order chi connectivity index (χ1) is 11.8. The highest BCUT2D eigenvalue weighted by Crippen LogP contribution is 2.39. The molecule has 24 heavy (non-hydrogen) atoms. The summed E-state index contributed by atoms with van der Waals surface area (Å²) in [6.45, 7) is 0. The molecule has 0 spiro atoms. The SMILES string of the molecule is Fc1cccc2oc3c(-c4ccccc4)nc4ccccc4c3c12. The third-order valence-electron chi connectivity index (χ3n) is 4.33. The number of fused-ring (bicyclic) bond motifs is 5. The molecule has 3 aromatic carbocycles. The van der Waals surface area contributed by atoms with Crippen molar-refractivity contribution in [1.29, 1.82) is 0 Å². The maximum absolute atomic E-state index is 14.5. The lowest BCUT2D eigenvalue weighted by Gasteiger charge is -2.05. The Labute approximate surface area is 137 Å². The molecule has 0 unspecified atom stereocenters. The summed E-state index contributed by atoms with van der Waals surface area (Å²) in [7, 11) is 0. The van der Waals surface area contributed by atoms with E-state index in [4.69, 9.17) is 9.40 Å². The number of para-hydroxylation sites is 1. The zero-order chi connectivity index (χ0) is 16.1. The van der Waals surface area contributed by atoms with Crippen molar-refractivity contribution in [2.75, 3.05) is 0 Å². The van der Waals surface area contributed by atoms with Gasteiger partial charge in [-0.15, -0.1) is 0 Å². The molecule has 0 atom stereocenters. The Morgan fingerprint density at radius 3 is 2.42 bits per heavy atom. The summed E-state index contributed by atoms with van der Waals surface area (Å²) >= 11 is 0. The number of rotatable bonds is 1. The van der Waals surface area contributed by atoms with Crippen LogP contribution >= 0.6 is 0 Å². The monoisotopic (exact) mass is 313 g/mol. The van der Waals surface area contributed by atoms with E-state index in [1.807, 2.05) is 54.6 Å². The fourth-order valence-corrected chi connectivity index (χ4v) is 3.28. The third-order valence-corrected chi connectivity index (χ3v) is 4.33. The van der Waals surface area contributed by atoms with Crippen LogP contribution in [-0.2, 0) is 0 Å². The highest BCUT2D eigenvalue weighted by Gasteiger charge is 2.19. The zero-order valence-electron chi connectivity index (χ0n) is 12.7. The second kappa shape index (κ2) is 4.90. The van der Waals surface area contributed by atoms with Gasteiger partial charge in [-0.1, -0.05) is 54.6 Å². The Morgan fingerprint density at radius 1 is 0.750 bits per heavy atom. The summed E-state index contributed by atoms with van der Waals surface area (Å²) in [5, 5.41) is 2.20. The molecule has 0 fully saturated rings. The van der Waals surface area contributed by atoms with Gasteiger partial charge in [0.05, 0.1) is 10.9 Å². The number of hydrogen-bond acceptors (Lipinski definition) is 2. The standard InChI is InChI=1S/C21H12FNO/c22-15-10-6-12-17-19(15)18-14-9-4-5-11-16(14)23-20(21(18)24-17)13-7-2-1-3-8-13/h1-12H. The first-order valence-electron chi connectivity index (χ1n) is 7.78. The minimum atomic E-state index is -0.276. The number of hydrogen-bond donors (Lipinski definition) is 0. The average molecular weight is 313 g/mol. The smallest absolute Gasteiger partial charge is 0.162 e. The average Bonchev–Trinajstić information content (AvgIpc) is 3.03. The number of halogens is 1. The number of benzene rings is 3. The van der Waals surface area contributed by atoms with Crippen LogP contribution in [0.4, 0.5) is 4.39 Å². The third kappa shape index (κ3) is 1.78. The molecule has 5 aromatic rings. The van der Waals surface area contributed by atoms with Gasteiger partial charge in [0.1, 0.15) is 17.1 Å². The maximum Gasteiger partial charge on any atom is 0.162 e. The van der Waals surface area contributed by atoms with Crippen molar-refractivity contribution in [3.63, 3.8) is 0 Å². The minimum absolute atomic E-state index is 0.276. The molecule has 0 amide bonds. The summed E-state index contributed by atoms with van der Waals surface area (Å²) in [5.41, 5.74) is 3.68. The second-order valence-electron chi connectivity index (χ2n) is 5.76. The first kappa shape index (κ1) is 13.3. The fourth-order valence-electron chi connectivity index (χ4n) is 3.28. The summed E-state index contributed by atoms with van der Waals surface area (Å²) in [6, 6.07) is 22.6. The largest absolute Gasteiger partial charge is 0.454 e. The lowest BCUT2D eigenvalue weighted by atomic mass is 10.0. The Morgan fingerprint density at radius 2 is 1.54 bits per heavy atom. The van der Waals surface area contributed by atoms with E-state index in [-0.39, 0.29) is 5.82 Å². The topological polar surface area (TPSA) is 26.0 Å². The number of furan rings is 1. The highest BCUT2D eigenvalue weighted by atomic mass is 19.1. The van der Waals surface area contributed by atoms with Gasteiger partial charge in [-0.3, -0.25) is 0 Å². The summed E-state index contributed by atoms with van der Waals surface area (Å²) in [5.74, 6) is -0.276. The van der Waals surface area contributed by atoms with Crippen molar-refractivity contribution in [3.8, 4) is 11.3 Å². The van der Waals surface area contributed by atoms with Crippen molar-refractivity contribution in [2.45, 2.75) is 0 Å². The zero-order valence-corrected chi connectivity index (χ0v) is 12.7. The maximum atomic E-state index is 14.5. The van der Waals surface area contributed by atoms with E-state index in [1.54, 1.807) is 12.1 Å². The van der Waals surface area contributed by atoms with Crippen molar-refractivity contribution < 1.29 is 8.81 Å². The van der Waals surface area contributed by atoms with Gasteiger partial charge in [0.25, 0.3) is 0 Å². The van der Waals surface area contributed by atoms with E-state index >= 15 is 0 Å². The molecule has 2 heterocycles. The van der Waals surface area contributed by atoms with Gasteiger partial charge in [0.15, 0.2) is 5.58 Å². The molecule has 3 heteroatoms. The van der Waals surface area contributed by atoms with Gasteiger partial charge in [-0.25, -0.2) is 9.37 Å². The molecule has 0 N–H and O–H groups in total. The minimum Gasteiger partial charge on any atom is -0.454 e. The van der Waals surface area contributed by atoms with Crippen LogP contribution in [-0.4, -0.2) is 4.98 Å². The molecule has 2 aromatic heterocycles. The van der Waals surface area contributed by atoms with E-state index < -0.39 is 0 Å². The van der Waals surface area contributed by atoms with E-state index in [1.165, 1.54) is 6.07 Å². The summed E-state index contributed by atoms with van der Waals surface area (Å²) < 4.78 is 20.6. The highest BCUT2D eigenvalue weighted by molar-refractivity contribution is 6.20. The van der Waals surface area contributed by atoms with Crippen LogP contribution in [0.5, 0.6) is 0 Å². The van der Waals surface area contributed by atoms with Crippen LogP contribution in [0.2, 0.25) is 0 Å². The number of pyridine rings is 1. The van der Waals surface area contributed by atoms with Crippen molar-refractivity contribution in [3.05, 3.63) is 78.6 Å². The summed E-state index contributed by atoms with van der Waals surface area (Å²) in [4.78, 5) is 4.78. The number of nitrogens with zero attached hydrogens (tertiary/aromatic N) is 1. The molecule has 0 bridgehead atoms. The quantitative estimate of drug-likeness (QED) is 0.383. The Hall–Kier alpha value is -3.20. The van der Waals surface area contributed by atoms with Gasteiger partial charge in [0.2, 0.25) is 0 Å². The predicted octanol–water partition coefficient (Wildman–Crippen LogP) is 5.94. The lowest BCUT2D eigenvalue weighted by molar-refractivity contribution is 0.633. The van der Waals surface area contributed by atoms with Crippen LogP contribution in [0, 0.1) is 5.82 Å². The Kier molecular flexibility index (Phi) is 2.71. The summed E-state index contributed by atoms with van der Waals surface area (Å²) in [6.07, 6.45) is 0. The number of aromatic nitrogens is 1. The molecular formula is C21H12FNO. The molecule has 0 aliphatic heterocycles. The Balaban J connectivity index is 2.07. The molecule has 5 rings (SSSR count). The molecule has 0 saturated heterocycles. The second-order valence-corrected chi connectivity index (χ2v) is 5.76. The van der Waals surface area contributed by atoms with Gasteiger partial charge in [-0.2, -0.15) is 0 Å². The van der Waals surface area contributed by atoms with Crippen molar-refractivity contribution >= 4 is 32.8 Å². The predicted molar refractivity (Wildman–Crippen MR) is 94.4 cm³/mol. The Bertz CT molecular complexity index is 1210. The molecule has 0 aliphatic rings. The van der Waals surface area contributed by atoms with Gasteiger partial charge in [0, 0.05) is 16.3 Å². The lowest BCUT2D eigenvalue weighted by Crippen LogP contribution is -1.87. The molecule has 0 aliphatic carbocycles. The van der Waals surface area contributed by atoms with E-state index in [0.717, 1.165) is 27.5 Å². The van der Waals surface area contributed by atoms with Gasteiger partial charge >= 0.3 is 0 Å². The molecular weight excluding hydrogens is 301 g/mol. The van der Waals surface area contributed by atoms with Crippen LogP contribution in [0.15, 0.2) is 77.2 Å². The van der Waals surface area contributed by atoms with Crippen LogP contribution in [0.3, 0.4) is 0 Å². The van der Waals surface area contributed by atoms with Crippen LogP contribution < -0.4 is 0 Å². The van der Waals surface area contributed by atoms with E-state index in [9.17, 15) is 4.39 Å². The normalized spacial score (nSPS) is 11.5. The van der Waals surface area contributed by atoms with Crippen LogP contribution in [0.25, 0.3) is 44.1 Å². The van der Waals surface area contributed by atoms with Crippen molar-refractivity contribution in [2.24, 2.45) is 0 Å². The molecule has 114 valence electrons. The van der Waals surface area contributed by atoms with Gasteiger partial charge in [-0.05, 0) is 18.2 Å². The molecule has 0 saturated carbocycles. The van der Waals surface area contributed by atoms with E-state index in [0.29, 0.717) is 16.6 Å². The van der Waals surface area contributed by atoms with Crippen molar-refractivity contribution in [1.82, 2.24) is 4.98 Å². The fraction of sp³-hybridized carbons (Fsp3) is 0. The molecule has 2 nitrogen and oxygen atoms in total. The molecule has 0 radical (unpaired) electrons.